The van der Waals surface area contributed by atoms with E-state index >= 15 is 0 Å². The van der Waals surface area contributed by atoms with Crippen LogP contribution in [0.4, 0.5) is 10.1 Å². The Morgan fingerprint density at radius 1 is 1.47 bits per heavy atom. The van der Waals surface area contributed by atoms with Crippen molar-refractivity contribution < 1.29 is 13.9 Å². The van der Waals surface area contributed by atoms with Gasteiger partial charge in [0.2, 0.25) is 0 Å². The van der Waals surface area contributed by atoms with E-state index in [1.165, 1.54) is 7.11 Å². The van der Waals surface area contributed by atoms with Crippen LogP contribution in [0.5, 0.6) is 0 Å². The van der Waals surface area contributed by atoms with Crippen molar-refractivity contribution in [2.24, 2.45) is 5.92 Å². The smallest absolute Gasteiger partial charge is 0.311 e. The van der Waals surface area contributed by atoms with Crippen molar-refractivity contribution in [1.29, 1.82) is 0 Å². The SMILES string of the molecule is COC(=O)C1Cc2c(N)cccc2CC1F.Cl. The molecule has 0 saturated heterocycles. The van der Waals surface area contributed by atoms with Gasteiger partial charge in [-0.2, -0.15) is 0 Å². The van der Waals surface area contributed by atoms with Crippen LogP contribution in [0.2, 0.25) is 0 Å². The molecule has 1 aliphatic rings. The second kappa shape index (κ2) is 5.36. The Morgan fingerprint density at radius 3 is 2.82 bits per heavy atom. The number of hydrogen-bond acceptors (Lipinski definition) is 3. The third-order valence-electron chi connectivity index (χ3n) is 3.09. The highest BCUT2D eigenvalue weighted by atomic mass is 35.5. The van der Waals surface area contributed by atoms with Gasteiger partial charge in [0, 0.05) is 12.1 Å². The van der Waals surface area contributed by atoms with E-state index in [9.17, 15) is 9.18 Å². The number of benzene rings is 1. The number of hydrogen-bond donors (Lipinski definition) is 1. The number of nitrogen functional groups attached to an aromatic ring is 1. The van der Waals surface area contributed by atoms with Crippen LogP contribution in [0, 0.1) is 5.92 Å². The van der Waals surface area contributed by atoms with Gasteiger partial charge in [-0.25, -0.2) is 4.39 Å². The zero-order valence-electron chi connectivity index (χ0n) is 9.48. The standard InChI is InChI=1S/C12H14FNO2.ClH/c1-16-12(15)9-6-8-7(5-10(9)13)3-2-4-11(8)14;/h2-4,9-10H,5-6,14H2,1H3;1H. The van der Waals surface area contributed by atoms with E-state index in [2.05, 4.69) is 4.74 Å². The average Bonchev–Trinajstić information content (AvgIpc) is 2.28. The molecule has 0 aliphatic heterocycles. The molecule has 0 radical (unpaired) electrons. The fourth-order valence-corrected chi connectivity index (χ4v) is 2.18. The van der Waals surface area contributed by atoms with Crippen molar-refractivity contribution in [1.82, 2.24) is 0 Å². The van der Waals surface area contributed by atoms with Crippen molar-refractivity contribution in [2.45, 2.75) is 19.0 Å². The first-order valence-corrected chi connectivity index (χ1v) is 5.21. The second-order valence-corrected chi connectivity index (χ2v) is 4.04. The molecule has 1 aromatic carbocycles. The van der Waals surface area contributed by atoms with Gasteiger partial charge in [0.25, 0.3) is 0 Å². The molecule has 1 aliphatic carbocycles. The molecule has 0 fully saturated rings. The van der Waals surface area contributed by atoms with Crippen LogP contribution in [0.1, 0.15) is 11.1 Å². The number of fused-ring (bicyclic) bond motifs is 1. The van der Waals surface area contributed by atoms with Crippen LogP contribution >= 0.6 is 12.4 Å². The highest BCUT2D eigenvalue weighted by Crippen LogP contribution is 2.31. The van der Waals surface area contributed by atoms with E-state index in [-0.39, 0.29) is 18.8 Å². The summed E-state index contributed by atoms with van der Waals surface area (Å²) in [6, 6.07) is 5.43. The Hall–Kier alpha value is -1.29. The molecule has 5 heteroatoms. The van der Waals surface area contributed by atoms with Crippen molar-refractivity contribution in [3.63, 3.8) is 0 Å². The number of rotatable bonds is 1. The van der Waals surface area contributed by atoms with Crippen LogP contribution in [0.3, 0.4) is 0 Å². The monoisotopic (exact) mass is 259 g/mol. The van der Waals surface area contributed by atoms with Crippen LogP contribution in [-0.2, 0) is 22.4 Å². The molecule has 94 valence electrons. The largest absolute Gasteiger partial charge is 0.469 e. The number of esters is 1. The van der Waals surface area contributed by atoms with E-state index < -0.39 is 18.1 Å². The number of methoxy groups -OCH3 is 1. The summed E-state index contributed by atoms with van der Waals surface area (Å²) < 4.78 is 18.3. The average molecular weight is 260 g/mol. The summed E-state index contributed by atoms with van der Waals surface area (Å²) in [4.78, 5) is 11.4. The number of anilines is 1. The fraction of sp³-hybridized carbons (Fsp3) is 0.417. The van der Waals surface area contributed by atoms with Crippen LogP contribution in [-0.4, -0.2) is 19.3 Å². The normalized spacial score (nSPS) is 22.2. The summed E-state index contributed by atoms with van der Waals surface area (Å²) in [5, 5.41) is 0. The lowest BCUT2D eigenvalue weighted by Crippen LogP contribution is -2.34. The molecule has 0 bridgehead atoms. The van der Waals surface area contributed by atoms with Gasteiger partial charge in [-0.15, -0.1) is 12.4 Å². The second-order valence-electron chi connectivity index (χ2n) is 4.04. The number of halogens is 2. The molecular formula is C12H15ClFNO2. The topological polar surface area (TPSA) is 52.3 Å². The van der Waals surface area contributed by atoms with E-state index in [4.69, 9.17) is 5.73 Å². The number of alkyl halides is 1. The summed E-state index contributed by atoms with van der Waals surface area (Å²) >= 11 is 0. The number of carbonyl (C=O) groups is 1. The molecule has 0 spiro atoms. The molecular weight excluding hydrogens is 245 g/mol. The van der Waals surface area contributed by atoms with Gasteiger partial charge in [0.05, 0.1) is 13.0 Å². The molecule has 1 aromatic rings. The lowest BCUT2D eigenvalue weighted by molar-refractivity contribution is -0.148. The molecule has 2 N–H and O–H groups in total. The summed E-state index contributed by atoms with van der Waals surface area (Å²) in [7, 11) is 1.28. The predicted molar refractivity (Wildman–Crippen MR) is 65.9 cm³/mol. The molecule has 0 amide bonds. The number of ether oxygens (including phenoxy) is 1. The lowest BCUT2D eigenvalue weighted by Gasteiger charge is -2.27. The molecule has 2 unspecified atom stereocenters. The first kappa shape index (κ1) is 13.8. The zero-order valence-corrected chi connectivity index (χ0v) is 10.3. The third-order valence-corrected chi connectivity index (χ3v) is 3.09. The molecule has 17 heavy (non-hydrogen) atoms. The van der Waals surface area contributed by atoms with Crippen molar-refractivity contribution in [3.05, 3.63) is 29.3 Å². The van der Waals surface area contributed by atoms with Gasteiger partial charge in [-0.05, 0) is 23.6 Å². The maximum Gasteiger partial charge on any atom is 0.311 e. The lowest BCUT2D eigenvalue weighted by atomic mass is 9.82. The van der Waals surface area contributed by atoms with Crippen molar-refractivity contribution >= 4 is 24.1 Å². The van der Waals surface area contributed by atoms with Crippen molar-refractivity contribution in [2.75, 3.05) is 12.8 Å². The van der Waals surface area contributed by atoms with Crippen LogP contribution in [0.15, 0.2) is 18.2 Å². The molecule has 3 nitrogen and oxygen atoms in total. The fourth-order valence-electron chi connectivity index (χ4n) is 2.18. The highest BCUT2D eigenvalue weighted by Gasteiger charge is 2.35. The maximum atomic E-state index is 13.8. The van der Waals surface area contributed by atoms with Gasteiger partial charge >= 0.3 is 5.97 Å². The Morgan fingerprint density at radius 2 is 2.18 bits per heavy atom. The van der Waals surface area contributed by atoms with E-state index in [1.54, 1.807) is 12.1 Å². The quantitative estimate of drug-likeness (QED) is 0.619. The minimum absolute atomic E-state index is 0. The minimum atomic E-state index is -1.18. The summed E-state index contributed by atoms with van der Waals surface area (Å²) in [6.07, 6.45) is -0.613. The summed E-state index contributed by atoms with van der Waals surface area (Å²) in [5.74, 6) is -1.22. The maximum absolute atomic E-state index is 13.8. The van der Waals surface area contributed by atoms with Gasteiger partial charge in [0.1, 0.15) is 6.17 Å². The first-order chi connectivity index (χ1) is 7.63. The van der Waals surface area contributed by atoms with E-state index in [1.807, 2.05) is 6.07 Å². The zero-order chi connectivity index (χ0) is 11.7. The van der Waals surface area contributed by atoms with Crippen LogP contribution in [0.25, 0.3) is 0 Å². The van der Waals surface area contributed by atoms with Gasteiger partial charge in [-0.1, -0.05) is 12.1 Å². The van der Waals surface area contributed by atoms with Gasteiger partial charge in [0.15, 0.2) is 0 Å². The molecule has 2 rings (SSSR count). The third kappa shape index (κ3) is 2.52. The Labute approximate surface area is 106 Å². The molecule has 2 atom stereocenters. The Bertz CT molecular complexity index is 425. The van der Waals surface area contributed by atoms with Gasteiger partial charge in [-0.3, -0.25) is 4.79 Å². The number of nitrogens with two attached hydrogens (primary N) is 1. The Kier molecular flexibility index (Phi) is 4.34. The summed E-state index contributed by atoms with van der Waals surface area (Å²) in [6.45, 7) is 0. The highest BCUT2D eigenvalue weighted by molar-refractivity contribution is 5.85. The minimum Gasteiger partial charge on any atom is -0.469 e. The first-order valence-electron chi connectivity index (χ1n) is 5.21. The van der Waals surface area contributed by atoms with Gasteiger partial charge < -0.3 is 10.5 Å². The molecule has 0 saturated carbocycles. The van der Waals surface area contributed by atoms with E-state index in [0.29, 0.717) is 12.1 Å². The van der Waals surface area contributed by atoms with Crippen LogP contribution < -0.4 is 5.73 Å². The predicted octanol–water partition coefficient (Wildman–Crippen LogP) is 1.92. The molecule has 0 heterocycles. The summed E-state index contributed by atoms with van der Waals surface area (Å²) in [5.41, 5.74) is 8.22. The van der Waals surface area contributed by atoms with E-state index in [0.717, 1.165) is 11.1 Å². The number of carbonyl (C=O) groups excluding carboxylic acids is 1. The molecule has 0 aromatic heterocycles. The Balaban J connectivity index is 0.00000144. The van der Waals surface area contributed by atoms with Crippen molar-refractivity contribution in [3.8, 4) is 0 Å².